The van der Waals surface area contributed by atoms with Gasteiger partial charge in [-0.15, -0.1) is 57.2 Å². The van der Waals surface area contributed by atoms with E-state index in [1.807, 2.05) is 0 Å². The van der Waals surface area contributed by atoms with Crippen LogP contribution in [0.4, 0.5) is 34.1 Å². The average molecular weight is 842 g/mol. The second-order valence-electron chi connectivity index (χ2n) is 15.6. The topological polar surface area (TPSA) is 13.0 Å². The van der Waals surface area contributed by atoms with Crippen LogP contribution in [0.25, 0.3) is 21.5 Å². The Morgan fingerprint density at radius 3 is 1.27 bits per heavy atom. The summed E-state index contributed by atoms with van der Waals surface area (Å²) in [6.45, 7) is 6.46. The molecule has 51 heavy (non-hydrogen) atoms. The predicted octanol–water partition coefficient (Wildman–Crippen LogP) is 11.2. The summed E-state index contributed by atoms with van der Waals surface area (Å²) >= 11 is 0. The van der Waals surface area contributed by atoms with E-state index in [9.17, 15) is 0 Å². The Morgan fingerprint density at radius 2 is 0.863 bits per heavy atom. The quantitative estimate of drug-likeness (QED) is 0.160. The molecule has 4 bridgehead atoms. The van der Waals surface area contributed by atoms with E-state index in [2.05, 4.69) is 142 Å². The molecule has 4 nitrogen and oxygen atoms in total. The van der Waals surface area contributed by atoms with Gasteiger partial charge < -0.3 is 19.6 Å². The van der Waals surface area contributed by atoms with E-state index in [4.69, 9.17) is 0 Å². The van der Waals surface area contributed by atoms with Crippen molar-refractivity contribution in [2.75, 3.05) is 32.7 Å². The van der Waals surface area contributed by atoms with Crippen LogP contribution in [0.3, 0.4) is 0 Å². The SMILES string of the molecule is [Pt+4].[c-]1cc2ccccc2cc1N1[CH-]N(CCN2[CH-]N(c3[c-]cc4ccccc4c3)c3cc4c(cc32)C2CCC4C2)c2cc3c(cc21)C1CCC3C1. The van der Waals surface area contributed by atoms with Crippen LogP contribution in [0.15, 0.2) is 97.1 Å². The first-order valence-corrected chi connectivity index (χ1v) is 18.7. The fourth-order valence-electron chi connectivity index (χ4n) is 10.6. The minimum Gasteiger partial charge on any atom is -0.500 e. The maximum atomic E-state index is 3.64. The zero-order valence-corrected chi connectivity index (χ0v) is 30.7. The smallest absolute Gasteiger partial charge is 0.500 e. The average Bonchev–Trinajstić information content (AvgIpc) is 4.03. The Balaban J connectivity index is 0.00000310. The summed E-state index contributed by atoms with van der Waals surface area (Å²) in [6.07, 6.45) is 8.03. The molecule has 6 aliphatic rings. The van der Waals surface area contributed by atoms with E-state index in [1.165, 1.54) is 82.8 Å². The van der Waals surface area contributed by atoms with Gasteiger partial charge in [0.1, 0.15) is 0 Å². The maximum absolute atomic E-state index is 3.64. The molecule has 4 atom stereocenters. The monoisotopic (exact) mass is 841 g/mol. The Hall–Kier alpha value is -4.27. The van der Waals surface area contributed by atoms with Gasteiger partial charge in [0.05, 0.1) is 0 Å². The fourth-order valence-corrected chi connectivity index (χ4v) is 10.6. The molecule has 2 saturated carbocycles. The van der Waals surface area contributed by atoms with Gasteiger partial charge in [0.15, 0.2) is 0 Å². The van der Waals surface area contributed by atoms with Crippen LogP contribution in [-0.4, -0.2) is 13.1 Å². The third-order valence-corrected chi connectivity index (χ3v) is 13.1. The Morgan fingerprint density at radius 1 is 0.490 bits per heavy atom. The molecule has 4 unspecified atom stereocenters. The van der Waals surface area contributed by atoms with Gasteiger partial charge in [-0.3, -0.25) is 0 Å². The number of hydrogen-bond donors (Lipinski definition) is 0. The van der Waals surface area contributed by atoms with Gasteiger partial charge in [-0.1, -0.05) is 36.4 Å². The van der Waals surface area contributed by atoms with E-state index >= 15 is 0 Å². The molecule has 0 saturated heterocycles. The van der Waals surface area contributed by atoms with Crippen molar-refractivity contribution in [3.63, 3.8) is 0 Å². The number of nitrogens with zero attached hydrogens (tertiary/aromatic N) is 4. The van der Waals surface area contributed by atoms with Gasteiger partial charge in [-0.25, -0.2) is 0 Å². The van der Waals surface area contributed by atoms with Gasteiger partial charge in [-0.2, -0.15) is 37.6 Å². The Labute approximate surface area is 314 Å². The molecule has 0 N–H and O–H groups in total. The van der Waals surface area contributed by atoms with Crippen LogP contribution >= 0.6 is 0 Å². The first-order chi connectivity index (χ1) is 24.7. The van der Waals surface area contributed by atoms with E-state index < -0.39 is 0 Å². The Bertz CT molecular complexity index is 2220. The van der Waals surface area contributed by atoms with E-state index in [0.29, 0.717) is 0 Å². The molecule has 0 amide bonds. The van der Waals surface area contributed by atoms with E-state index in [-0.39, 0.29) is 21.1 Å². The third kappa shape index (κ3) is 4.54. The molecule has 0 spiro atoms. The summed E-state index contributed by atoms with van der Waals surface area (Å²) in [7, 11) is 0. The summed E-state index contributed by atoms with van der Waals surface area (Å²) in [6, 6.07) is 43.6. The maximum Gasteiger partial charge on any atom is 4.00 e. The number of rotatable bonds is 5. The van der Waals surface area contributed by atoms with Gasteiger partial charge in [0.25, 0.3) is 0 Å². The van der Waals surface area contributed by atoms with Crippen LogP contribution in [0.1, 0.15) is 84.5 Å². The minimum absolute atomic E-state index is 0. The van der Waals surface area contributed by atoms with Gasteiger partial charge in [-0.05, 0) is 109 Å². The molecular formula is C46H38N4Pt. The summed E-state index contributed by atoms with van der Waals surface area (Å²) in [5.74, 6) is 2.91. The summed E-state index contributed by atoms with van der Waals surface area (Å²) in [5.41, 5.74) is 13.9. The fraction of sp³-hybridized carbons (Fsp3) is 0.261. The summed E-state index contributed by atoms with van der Waals surface area (Å²) in [4.78, 5) is 9.82. The van der Waals surface area contributed by atoms with Crippen molar-refractivity contribution in [3.05, 3.63) is 145 Å². The van der Waals surface area contributed by atoms with Crippen molar-refractivity contribution < 1.29 is 21.1 Å². The number of hydrogen-bond acceptors (Lipinski definition) is 4. The van der Waals surface area contributed by atoms with Crippen molar-refractivity contribution in [2.24, 2.45) is 0 Å². The summed E-state index contributed by atoms with van der Waals surface area (Å²) in [5, 5.41) is 4.97. The number of fused-ring (bicyclic) bond motifs is 14. The van der Waals surface area contributed by atoms with Gasteiger partial charge in [0, 0.05) is 35.8 Å². The Kier molecular flexibility index (Phi) is 6.77. The molecular weight excluding hydrogens is 804 g/mol. The predicted molar refractivity (Wildman–Crippen MR) is 205 cm³/mol. The number of anilines is 6. The van der Waals surface area contributed by atoms with Crippen molar-refractivity contribution in [2.45, 2.75) is 62.2 Å². The van der Waals surface area contributed by atoms with Crippen molar-refractivity contribution in [1.82, 2.24) is 0 Å². The molecule has 5 heteroatoms. The number of benzene rings is 6. The molecule has 6 aromatic rings. The molecule has 4 aliphatic carbocycles. The zero-order chi connectivity index (χ0) is 32.5. The normalized spacial score (nSPS) is 23.3. The van der Waals surface area contributed by atoms with Crippen LogP contribution < -0.4 is 19.6 Å². The third-order valence-electron chi connectivity index (χ3n) is 13.1. The van der Waals surface area contributed by atoms with Crippen molar-refractivity contribution in [1.29, 1.82) is 0 Å². The van der Waals surface area contributed by atoms with Gasteiger partial charge in [0.2, 0.25) is 0 Å². The molecule has 2 aliphatic heterocycles. The molecule has 2 heterocycles. The molecule has 252 valence electrons. The minimum atomic E-state index is 0. The van der Waals surface area contributed by atoms with Crippen LogP contribution in [0, 0.1) is 25.5 Å². The zero-order valence-electron chi connectivity index (χ0n) is 28.5. The molecule has 6 aromatic carbocycles. The summed E-state index contributed by atoms with van der Waals surface area (Å²) < 4.78 is 0. The van der Waals surface area contributed by atoms with Gasteiger partial charge >= 0.3 is 21.1 Å². The largest absolute Gasteiger partial charge is 4.00 e. The van der Waals surface area contributed by atoms with Crippen LogP contribution in [0.5, 0.6) is 0 Å². The van der Waals surface area contributed by atoms with Crippen LogP contribution in [0.2, 0.25) is 0 Å². The second-order valence-corrected chi connectivity index (χ2v) is 15.6. The standard InChI is InChI=1S/C46H38N4.Pt/c1-3-7-31-21-37(15-13-29(31)5-1)49-27-47(43-23-39-33-9-11-35(19-33)41(39)25-45(43)49)17-18-48-28-50(38-16-14-30-6-2-4-8-32(30)22-38)46-26-42-36-12-10-34(20-36)40(42)24-44(46)48;/h1-8,13-14,21-28,33-36H,9-12,17-20H2;/q-4;+4. The van der Waals surface area contributed by atoms with E-state index in [1.54, 1.807) is 22.3 Å². The van der Waals surface area contributed by atoms with E-state index in [0.717, 1.165) is 48.1 Å². The van der Waals surface area contributed by atoms with Crippen molar-refractivity contribution >= 4 is 55.7 Å². The molecule has 2 fully saturated rings. The second kappa shape index (κ2) is 11.4. The molecule has 0 radical (unpaired) electrons. The van der Waals surface area contributed by atoms with Crippen molar-refractivity contribution in [3.8, 4) is 0 Å². The molecule has 12 rings (SSSR count). The first kappa shape index (κ1) is 30.4. The first-order valence-electron chi connectivity index (χ1n) is 18.7. The van der Waals surface area contributed by atoms with Crippen LogP contribution in [-0.2, 0) is 21.1 Å². The molecule has 0 aromatic heterocycles.